The summed E-state index contributed by atoms with van der Waals surface area (Å²) in [7, 11) is 0. The molecule has 3 heteroatoms. The first-order valence-corrected chi connectivity index (χ1v) is 6.88. The van der Waals surface area contributed by atoms with Gasteiger partial charge in [0.2, 0.25) is 0 Å². The van der Waals surface area contributed by atoms with Crippen molar-refractivity contribution in [2.45, 2.75) is 51.6 Å². The Morgan fingerprint density at radius 1 is 1.33 bits per heavy atom. The van der Waals surface area contributed by atoms with Crippen LogP contribution < -0.4 is 5.32 Å². The van der Waals surface area contributed by atoms with Crippen molar-refractivity contribution in [2.24, 2.45) is 5.92 Å². The predicted molar refractivity (Wildman–Crippen MR) is 72.7 cm³/mol. The quantitative estimate of drug-likeness (QED) is 0.678. The summed E-state index contributed by atoms with van der Waals surface area (Å²) in [5.74, 6) is 1.34. The second-order valence-electron chi connectivity index (χ2n) is 5.42. The van der Waals surface area contributed by atoms with E-state index in [1.807, 2.05) is 6.92 Å². The number of aromatic hydroxyl groups is 2. The normalized spacial score (nSPS) is 18.6. The van der Waals surface area contributed by atoms with E-state index in [9.17, 15) is 10.2 Å². The molecule has 0 radical (unpaired) electrons. The van der Waals surface area contributed by atoms with Gasteiger partial charge in [-0.3, -0.25) is 0 Å². The number of hydrogen-bond donors (Lipinski definition) is 3. The molecule has 2 rings (SSSR count). The van der Waals surface area contributed by atoms with Crippen LogP contribution in [0.25, 0.3) is 0 Å². The number of rotatable bonds is 6. The molecule has 0 saturated heterocycles. The van der Waals surface area contributed by atoms with Crippen molar-refractivity contribution < 1.29 is 10.2 Å². The number of benzene rings is 1. The van der Waals surface area contributed by atoms with Crippen molar-refractivity contribution in [1.29, 1.82) is 0 Å². The molecular formula is C15H23NO2. The van der Waals surface area contributed by atoms with Crippen molar-refractivity contribution in [3.63, 3.8) is 0 Å². The zero-order chi connectivity index (χ0) is 13.1. The fourth-order valence-electron chi connectivity index (χ4n) is 2.44. The molecule has 3 nitrogen and oxygen atoms in total. The summed E-state index contributed by atoms with van der Waals surface area (Å²) < 4.78 is 0. The van der Waals surface area contributed by atoms with Gasteiger partial charge in [0.15, 0.2) is 0 Å². The highest BCUT2D eigenvalue weighted by Crippen LogP contribution is 2.35. The SMILES string of the molecule is CCC(CC1CC1)NC(C)c1cc(O)ccc1O. The van der Waals surface area contributed by atoms with Crippen LogP contribution in [0.5, 0.6) is 11.5 Å². The van der Waals surface area contributed by atoms with Gasteiger partial charge in [-0.25, -0.2) is 0 Å². The van der Waals surface area contributed by atoms with Gasteiger partial charge >= 0.3 is 0 Å². The maximum absolute atomic E-state index is 9.83. The number of phenols is 2. The molecule has 0 bridgehead atoms. The molecule has 1 aromatic rings. The van der Waals surface area contributed by atoms with E-state index in [1.165, 1.54) is 25.3 Å². The molecular weight excluding hydrogens is 226 g/mol. The van der Waals surface area contributed by atoms with E-state index >= 15 is 0 Å². The highest BCUT2D eigenvalue weighted by Gasteiger charge is 2.25. The molecule has 1 aromatic carbocycles. The summed E-state index contributed by atoms with van der Waals surface area (Å²) in [5.41, 5.74) is 0.768. The van der Waals surface area contributed by atoms with E-state index in [0.29, 0.717) is 6.04 Å². The third kappa shape index (κ3) is 3.39. The van der Waals surface area contributed by atoms with E-state index in [0.717, 1.165) is 17.9 Å². The van der Waals surface area contributed by atoms with E-state index in [-0.39, 0.29) is 17.5 Å². The molecule has 1 aliphatic carbocycles. The third-order valence-electron chi connectivity index (χ3n) is 3.77. The molecule has 100 valence electrons. The first-order chi connectivity index (χ1) is 8.60. The molecule has 2 atom stereocenters. The molecule has 1 aliphatic rings. The Labute approximate surface area is 109 Å². The van der Waals surface area contributed by atoms with Gasteiger partial charge in [-0.1, -0.05) is 19.8 Å². The lowest BCUT2D eigenvalue weighted by Gasteiger charge is -2.23. The first-order valence-electron chi connectivity index (χ1n) is 6.88. The minimum Gasteiger partial charge on any atom is -0.508 e. The smallest absolute Gasteiger partial charge is 0.120 e. The fraction of sp³-hybridized carbons (Fsp3) is 0.600. The van der Waals surface area contributed by atoms with E-state index in [1.54, 1.807) is 12.1 Å². The molecule has 0 amide bonds. The van der Waals surface area contributed by atoms with Crippen molar-refractivity contribution in [3.05, 3.63) is 23.8 Å². The van der Waals surface area contributed by atoms with Crippen LogP contribution in [0.15, 0.2) is 18.2 Å². The number of nitrogens with one attached hydrogen (secondary N) is 1. The molecule has 1 saturated carbocycles. The molecule has 18 heavy (non-hydrogen) atoms. The van der Waals surface area contributed by atoms with Crippen LogP contribution in [0, 0.1) is 5.92 Å². The van der Waals surface area contributed by atoms with Crippen LogP contribution in [-0.2, 0) is 0 Å². The lowest BCUT2D eigenvalue weighted by molar-refractivity contribution is 0.388. The Bertz CT molecular complexity index is 401. The molecule has 0 heterocycles. The average Bonchev–Trinajstić information content (AvgIpc) is 3.15. The first kappa shape index (κ1) is 13.2. The van der Waals surface area contributed by atoms with Gasteiger partial charge in [0, 0.05) is 17.6 Å². The van der Waals surface area contributed by atoms with Crippen molar-refractivity contribution in [2.75, 3.05) is 0 Å². The fourth-order valence-corrected chi connectivity index (χ4v) is 2.44. The van der Waals surface area contributed by atoms with Crippen molar-refractivity contribution in [1.82, 2.24) is 5.32 Å². The van der Waals surface area contributed by atoms with Crippen LogP contribution in [0.4, 0.5) is 0 Å². The molecule has 0 aliphatic heterocycles. The Hall–Kier alpha value is -1.22. The summed E-state index contributed by atoms with van der Waals surface area (Å²) in [6.07, 6.45) is 5.05. The Kier molecular flexibility index (Phi) is 4.12. The summed E-state index contributed by atoms with van der Waals surface area (Å²) in [6.45, 7) is 4.22. The van der Waals surface area contributed by atoms with E-state index in [2.05, 4.69) is 12.2 Å². The van der Waals surface area contributed by atoms with Gasteiger partial charge < -0.3 is 15.5 Å². The van der Waals surface area contributed by atoms with Gasteiger partial charge in [0.1, 0.15) is 11.5 Å². The summed E-state index contributed by atoms with van der Waals surface area (Å²) >= 11 is 0. The second-order valence-corrected chi connectivity index (χ2v) is 5.42. The highest BCUT2D eigenvalue weighted by atomic mass is 16.3. The molecule has 2 unspecified atom stereocenters. The van der Waals surface area contributed by atoms with Gasteiger partial charge in [-0.2, -0.15) is 0 Å². The van der Waals surface area contributed by atoms with Crippen LogP contribution in [0.1, 0.15) is 51.1 Å². The molecule has 0 spiro atoms. The molecule has 0 aromatic heterocycles. The highest BCUT2D eigenvalue weighted by molar-refractivity contribution is 5.40. The predicted octanol–water partition coefficient (Wildman–Crippen LogP) is 3.33. The van der Waals surface area contributed by atoms with Gasteiger partial charge in [0.25, 0.3) is 0 Å². The molecule has 3 N–H and O–H groups in total. The maximum Gasteiger partial charge on any atom is 0.120 e. The second kappa shape index (κ2) is 5.61. The van der Waals surface area contributed by atoms with Gasteiger partial charge in [0.05, 0.1) is 0 Å². The summed E-state index contributed by atoms with van der Waals surface area (Å²) in [4.78, 5) is 0. The third-order valence-corrected chi connectivity index (χ3v) is 3.77. The number of phenolic OH excluding ortho intramolecular Hbond substituents is 2. The Morgan fingerprint density at radius 3 is 2.67 bits per heavy atom. The van der Waals surface area contributed by atoms with Crippen molar-refractivity contribution >= 4 is 0 Å². The summed E-state index contributed by atoms with van der Waals surface area (Å²) in [6, 6.07) is 5.24. The standard InChI is InChI=1S/C15H23NO2/c1-3-12(8-11-4-5-11)16-10(2)14-9-13(17)6-7-15(14)18/h6-7,9-12,16-18H,3-5,8H2,1-2H3. The minimum atomic E-state index is 0.0563. The van der Waals surface area contributed by atoms with Crippen LogP contribution >= 0.6 is 0 Å². The zero-order valence-corrected chi connectivity index (χ0v) is 11.2. The summed E-state index contributed by atoms with van der Waals surface area (Å²) in [5, 5.41) is 22.9. The Morgan fingerprint density at radius 2 is 2.06 bits per heavy atom. The van der Waals surface area contributed by atoms with Crippen molar-refractivity contribution in [3.8, 4) is 11.5 Å². The van der Waals surface area contributed by atoms with E-state index in [4.69, 9.17) is 0 Å². The maximum atomic E-state index is 9.83. The monoisotopic (exact) mass is 249 g/mol. The lowest BCUT2D eigenvalue weighted by atomic mass is 10.0. The van der Waals surface area contributed by atoms with Crippen LogP contribution in [0.3, 0.4) is 0 Å². The zero-order valence-electron chi connectivity index (χ0n) is 11.2. The van der Waals surface area contributed by atoms with Crippen LogP contribution in [0.2, 0.25) is 0 Å². The van der Waals surface area contributed by atoms with Crippen LogP contribution in [-0.4, -0.2) is 16.3 Å². The Balaban J connectivity index is 2.00. The van der Waals surface area contributed by atoms with Gasteiger partial charge in [-0.05, 0) is 43.9 Å². The topological polar surface area (TPSA) is 52.5 Å². The minimum absolute atomic E-state index is 0.0563. The lowest BCUT2D eigenvalue weighted by Crippen LogP contribution is -2.31. The number of hydrogen-bond acceptors (Lipinski definition) is 3. The van der Waals surface area contributed by atoms with Gasteiger partial charge in [-0.15, -0.1) is 0 Å². The van der Waals surface area contributed by atoms with E-state index < -0.39 is 0 Å². The largest absolute Gasteiger partial charge is 0.508 e. The average molecular weight is 249 g/mol. The molecule has 1 fully saturated rings.